The van der Waals surface area contributed by atoms with Gasteiger partial charge in [-0.1, -0.05) is 35.3 Å². The van der Waals surface area contributed by atoms with Crippen LogP contribution in [0.2, 0.25) is 10.0 Å². The van der Waals surface area contributed by atoms with E-state index in [1.54, 1.807) is 12.1 Å². The van der Waals surface area contributed by atoms with E-state index in [2.05, 4.69) is 0 Å². The zero-order valence-corrected chi connectivity index (χ0v) is 13.3. The molecule has 0 unspecified atom stereocenters. The first-order valence-electron chi connectivity index (χ1n) is 6.59. The van der Waals surface area contributed by atoms with Crippen molar-refractivity contribution in [1.82, 2.24) is 0 Å². The number of hydrogen-bond acceptors (Lipinski definition) is 3. The number of nitrogens with two attached hydrogens (primary N) is 1. The van der Waals surface area contributed by atoms with Crippen LogP contribution >= 0.6 is 23.2 Å². The first-order valence-corrected chi connectivity index (χ1v) is 7.34. The molecule has 0 bridgehead atoms. The number of fused-ring (bicyclic) bond motifs is 1. The molecule has 0 spiro atoms. The van der Waals surface area contributed by atoms with Crippen molar-refractivity contribution >= 4 is 28.9 Å². The van der Waals surface area contributed by atoms with Crippen molar-refractivity contribution in [3.05, 3.63) is 45.9 Å². The third-order valence-corrected chi connectivity index (χ3v) is 4.05. The molecule has 0 radical (unpaired) electrons. The zero-order valence-electron chi connectivity index (χ0n) is 11.7. The average molecular weight is 324 g/mol. The van der Waals surface area contributed by atoms with Crippen LogP contribution in [0.4, 0.5) is 5.69 Å². The van der Waals surface area contributed by atoms with Gasteiger partial charge in [-0.05, 0) is 26.0 Å². The number of nitrogen functional groups attached to an aromatic ring is 1. The fourth-order valence-electron chi connectivity index (χ4n) is 2.42. The van der Waals surface area contributed by atoms with Crippen LogP contribution in [0.1, 0.15) is 19.4 Å². The molecule has 2 aromatic rings. The second kappa shape index (κ2) is 5.00. The van der Waals surface area contributed by atoms with Gasteiger partial charge >= 0.3 is 0 Å². The van der Waals surface area contributed by atoms with Gasteiger partial charge in [0.1, 0.15) is 5.60 Å². The summed E-state index contributed by atoms with van der Waals surface area (Å²) < 4.78 is 11.9. The number of ether oxygens (including phenoxy) is 2. The van der Waals surface area contributed by atoms with Crippen molar-refractivity contribution in [2.24, 2.45) is 0 Å². The molecule has 2 N–H and O–H groups in total. The van der Waals surface area contributed by atoms with E-state index in [-0.39, 0.29) is 5.60 Å². The van der Waals surface area contributed by atoms with Crippen LogP contribution in [0.5, 0.6) is 17.2 Å². The third kappa shape index (κ3) is 2.76. The molecule has 21 heavy (non-hydrogen) atoms. The lowest BCUT2D eigenvalue weighted by molar-refractivity contribution is 0.135. The Morgan fingerprint density at radius 2 is 1.86 bits per heavy atom. The average Bonchev–Trinajstić information content (AvgIpc) is 2.71. The van der Waals surface area contributed by atoms with Gasteiger partial charge in [-0.3, -0.25) is 0 Å². The largest absolute Gasteiger partial charge is 0.483 e. The fourth-order valence-corrected chi connectivity index (χ4v) is 2.74. The summed E-state index contributed by atoms with van der Waals surface area (Å²) in [5.74, 6) is 1.85. The van der Waals surface area contributed by atoms with Gasteiger partial charge in [0.2, 0.25) is 0 Å². The number of halogens is 2. The first-order chi connectivity index (χ1) is 9.85. The summed E-state index contributed by atoms with van der Waals surface area (Å²) in [6.07, 6.45) is 0.844. The van der Waals surface area contributed by atoms with Crippen molar-refractivity contribution in [3.63, 3.8) is 0 Å². The summed E-state index contributed by atoms with van der Waals surface area (Å²) >= 11 is 11.9. The SMILES string of the molecule is CC1(C)Cc2cccc(Oc3cc(Cl)c(Cl)cc3N)c2O1. The Morgan fingerprint density at radius 1 is 1.14 bits per heavy atom. The van der Waals surface area contributed by atoms with E-state index in [1.807, 2.05) is 32.0 Å². The molecular formula is C16H15Cl2NO2. The third-order valence-electron chi connectivity index (χ3n) is 3.33. The minimum atomic E-state index is -0.231. The van der Waals surface area contributed by atoms with Gasteiger partial charge in [-0.2, -0.15) is 0 Å². The highest BCUT2D eigenvalue weighted by Crippen LogP contribution is 2.44. The topological polar surface area (TPSA) is 44.5 Å². The standard InChI is InChI=1S/C16H15Cl2NO2/c1-16(2)8-9-4-3-5-13(15(9)21-16)20-14-7-11(18)10(17)6-12(14)19/h3-7H,8,19H2,1-2H3. The molecule has 0 saturated carbocycles. The summed E-state index contributed by atoms with van der Waals surface area (Å²) in [6, 6.07) is 9.01. The minimum absolute atomic E-state index is 0.231. The predicted octanol–water partition coefficient (Wildman–Crippen LogP) is 5.08. The summed E-state index contributed by atoms with van der Waals surface area (Å²) in [4.78, 5) is 0. The van der Waals surface area contributed by atoms with Gasteiger partial charge < -0.3 is 15.2 Å². The predicted molar refractivity (Wildman–Crippen MR) is 85.8 cm³/mol. The van der Waals surface area contributed by atoms with Gasteiger partial charge in [0, 0.05) is 18.1 Å². The summed E-state index contributed by atoms with van der Waals surface area (Å²) in [5.41, 5.74) is 7.25. The van der Waals surface area contributed by atoms with Crippen LogP contribution in [0.3, 0.4) is 0 Å². The number of rotatable bonds is 2. The first kappa shape index (κ1) is 14.4. The van der Waals surface area contributed by atoms with Crippen LogP contribution in [0.25, 0.3) is 0 Å². The molecule has 0 aliphatic carbocycles. The quantitative estimate of drug-likeness (QED) is 0.783. The molecule has 110 valence electrons. The molecule has 0 amide bonds. The Bertz CT molecular complexity index is 714. The number of anilines is 1. The molecule has 1 aliphatic heterocycles. The van der Waals surface area contributed by atoms with E-state index in [1.165, 1.54) is 0 Å². The van der Waals surface area contributed by atoms with Gasteiger partial charge in [0.25, 0.3) is 0 Å². The van der Waals surface area contributed by atoms with Crippen molar-refractivity contribution in [1.29, 1.82) is 0 Å². The second-order valence-corrected chi connectivity index (χ2v) is 6.50. The van der Waals surface area contributed by atoms with Crippen LogP contribution in [0, 0.1) is 0 Å². The van der Waals surface area contributed by atoms with Crippen molar-refractivity contribution in [3.8, 4) is 17.2 Å². The molecule has 1 aliphatic rings. The highest BCUT2D eigenvalue weighted by Gasteiger charge is 2.32. The number of para-hydroxylation sites is 1. The lowest BCUT2D eigenvalue weighted by atomic mass is 10.0. The highest BCUT2D eigenvalue weighted by atomic mass is 35.5. The van der Waals surface area contributed by atoms with Gasteiger partial charge in [0.15, 0.2) is 17.2 Å². The Hall–Kier alpha value is -1.58. The minimum Gasteiger partial charge on any atom is -0.483 e. The van der Waals surface area contributed by atoms with E-state index < -0.39 is 0 Å². The van der Waals surface area contributed by atoms with E-state index in [9.17, 15) is 0 Å². The smallest absolute Gasteiger partial charge is 0.169 e. The van der Waals surface area contributed by atoms with Gasteiger partial charge in [-0.25, -0.2) is 0 Å². The van der Waals surface area contributed by atoms with Crippen LogP contribution in [0.15, 0.2) is 30.3 Å². The Morgan fingerprint density at radius 3 is 2.62 bits per heavy atom. The maximum absolute atomic E-state index is 6.02. The molecule has 1 heterocycles. The van der Waals surface area contributed by atoms with E-state index >= 15 is 0 Å². The number of hydrogen-bond donors (Lipinski definition) is 1. The maximum Gasteiger partial charge on any atom is 0.169 e. The van der Waals surface area contributed by atoms with Crippen LogP contribution in [-0.4, -0.2) is 5.60 Å². The molecule has 0 fully saturated rings. The monoisotopic (exact) mass is 323 g/mol. The second-order valence-electron chi connectivity index (χ2n) is 5.69. The molecule has 2 aromatic carbocycles. The molecule has 0 atom stereocenters. The van der Waals surface area contributed by atoms with E-state index in [0.29, 0.717) is 27.2 Å². The van der Waals surface area contributed by atoms with Gasteiger partial charge in [-0.15, -0.1) is 0 Å². The van der Waals surface area contributed by atoms with Crippen molar-refractivity contribution < 1.29 is 9.47 Å². The lowest BCUT2D eigenvalue weighted by Crippen LogP contribution is -2.24. The molecule has 0 aromatic heterocycles. The zero-order chi connectivity index (χ0) is 15.2. The van der Waals surface area contributed by atoms with E-state index in [4.69, 9.17) is 38.4 Å². The molecule has 5 heteroatoms. The Labute approximate surface area is 133 Å². The Kier molecular flexibility index (Phi) is 3.42. The molecule has 0 saturated heterocycles. The fraction of sp³-hybridized carbons (Fsp3) is 0.250. The van der Waals surface area contributed by atoms with Crippen molar-refractivity contribution in [2.75, 3.05) is 5.73 Å². The highest BCUT2D eigenvalue weighted by molar-refractivity contribution is 6.42. The summed E-state index contributed by atoms with van der Waals surface area (Å²) in [5, 5.41) is 0.798. The molecular weight excluding hydrogens is 309 g/mol. The van der Waals surface area contributed by atoms with Crippen LogP contribution < -0.4 is 15.2 Å². The Balaban J connectivity index is 1.98. The molecule has 3 nitrogen and oxygen atoms in total. The normalized spacial score (nSPS) is 15.4. The molecule has 3 rings (SSSR count). The van der Waals surface area contributed by atoms with Crippen LogP contribution in [-0.2, 0) is 6.42 Å². The number of benzene rings is 2. The van der Waals surface area contributed by atoms with Gasteiger partial charge in [0.05, 0.1) is 15.7 Å². The summed E-state index contributed by atoms with van der Waals surface area (Å²) in [7, 11) is 0. The summed E-state index contributed by atoms with van der Waals surface area (Å²) in [6.45, 7) is 4.09. The lowest BCUT2D eigenvalue weighted by Gasteiger charge is -2.18. The maximum atomic E-state index is 6.02. The van der Waals surface area contributed by atoms with Crippen molar-refractivity contribution in [2.45, 2.75) is 25.9 Å². The van der Waals surface area contributed by atoms with E-state index in [0.717, 1.165) is 17.7 Å².